The SMILES string of the molecule is Cc1cc(C(=O)N2CCC(c3nnc4ccc(-c5cccnc5)nn34)CC2)c(C)o1. The minimum Gasteiger partial charge on any atom is -0.466 e. The standard InChI is InChI=1S/C22H22N6O2/c1-14-12-18(15(2)30-14)22(29)27-10-7-16(8-11-27)21-25-24-20-6-5-19(26-28(20)21)17-4-3-9-23-13-17/h3-6,9,12-13,16H,7-8,10-11H2,1-2H3. The summed E-state index contributed by atoms with van der Waals surface area (Å²) in [6.07, 6.45) is 5.18. The van der Waals surface area contributed by atoms with Gasteiger partial charge in [-0.2, -0.15) is 9.61 Å². The first-order chi connectivity index (χ1) is 14.6. The van der Waals surface area contributed by atoms with Crippen LogP contribution in [0.1, 0.15) is 46.5 Å². The Morgan fingerprint density at radius 2 is 1.97 bits per heavy atom. The lowest BCUT2D eigenvalue weighted by Crippen LogP contribution is -2.38. The first-order valence-electron chi connectivity index (χ1n) is 10.1. The van der Waals surface area contributed by atoms with Crippen LogP contribution in [-0.2, 0) is 0 Å². The Morgan fingerprint density at radius 3 is 2.67 bits per heavy atom. The van der Waals surface area contributed by atoms with Crippen LogP contribution >= 0.6 is 0 Å². The average Bonchev–Trinajstić information content (AvgIpc) is 3.36. The Kier molecular flexibility index (Phi) is 4.54. The molecule has 0 saturated carbocycles. The summed E-state index contributed by atoms with van der Waals surface area (Å²) in [6.45, 7) is 5.04. The number of fused-ring (bicyclic) bond motifs is 1. The Labute approximate surface area is 173 Å². The van der Waals surface area contributed by atoms with Gasteiger partial charge in [0.2, 0.25) is 0 Å². The molecule has 0 unspecified atom stereocenters. The first-order valence-corrected chi connectivity index (χ1v) is 10.1. The molecule has 5 rings (SSSR count). The number of likely N-dealkylation sites (tertiary alicyclic amines) is 1. The van der Waals surface area contributed by atoms with E-state index in [4.69, 9.17) is 9.52 Å². The number of furan rings is 1. The van der Waals surface area contributed by atoms with Crippen LogP contribution in [-0.4, -0.2) is 48.7 Å². The van der Waals surface area contributed by atoms with Crippen molar-refractivity contribution in [3.8, 4) is 11.3 Å². The van der Waals surface area contributed by atoms with Crippen molar-refractivity contribution in [2.24, 2.45) is 0 Å². The van der Waals surface area contributed by atoms with Gasteiger partial charge < -0.3 is 9.32 Å². The van der Waals surface area contributed by atoms with Gasteiger partial charge in [-0.25, -0.2) is 0 Å². The lowest BCUT2D eigenvalue weighted by atomic mass is 9.95. The Hall–Kier alpha value is -3.55. The number of nitrogens with zero attached hydrogens (tertiary/aromatic N) is 6. The number of aromatic nitrogens is 5. The van der Waals surface area contributed by atoms with E-state index in [-0.39, 0.29) is 11.8 Å². The number of pyridine rings is 1. The summed E-state index contributed by atoms with van der Waals surface area (Å²) < 4.78 is 7.35. The molecule has 1 aliphatic heterocycles. The number of hydrogen-bond acceptors (Lipinski definition) is 6. The number of hydrogen-bond donors (Lipinski definition) is 0. The van der Waals surface area contributed by atoms with E-state index in [0.717, 1.165) is 41.3 Å². The summed E-state index contributed by atoms with van der Waals surface area (Å²) in [5, 5.41) is 13.5. The zero-order chi connectivity index (χ0) is 20.7. The van der Waals surface area contributed by atoms with Crippen molar-refractivity contribution in [1.82, 2.24) is 29.7 Å². The highest BCUT2D eigenvalue weighted by atomic mass is 16.3. The quantitative estimate of drug-likeness (QED) is 0.522. The van der Waals surface area contributed by atoms with Crippen molar-refractivity contribution in [2.75, 3.05) is 13.1 Å². The van der Waals surface area contributed by atoms with Crippen LogP contribution in [0.2, 0.25) is 0 Å². The molecule has 8 nitrogen and oxygen atoms in total. The fourth-order valence-corrected chi connectivity index (χ4v) is 4.08. The van der Waals surface area contributed by atoms with Crippen LogP contribution in [0, 0.1) is 13.8 Å². The molecule has 5 heterocycles. The molecule has 0 N–H and O–H groups in total. The minimum absolute atomic E-state index is 0.0332. The van der Waals surface area contributed by atoms with E-state index in [9.17, 15) is 4.79 Å². The van der Waals surface area contributed by atoms with E-state index in [2.05, 4.69) is 15.2 Å². The molecule has 1 aliphatic rings. The minimum atomic E-state index is 0.0332. The number of carbonyl (C=O) groups excluding carboxylic acids is 1. The zero-order valence-electron chi connectivity index (χ0n) is 16.9. The van der Waals surface area contributed by atoms with Gasteiger partial charge in [-0.1, -0.05) is 0 Å². The highest BCUT2D eigenvalue weighted by Gasteiger charge is 2.29. The van der Waals surface area contributed by atoms with E-state index >= 15 is 0 Å². The second-order valence-electron chi connectivity index (χ2n) is 7.68. The van der Waals surface area contributed by atoms with Crippen LogP contribution in [0.5, 0.6) is 0 Å². The third kappa shape index (κ3) is 3.24. The van der Waals surface area contributed by atoms with Gasteiger partial charge >= 0.3 is 0 Å². The molecule has 8 heteroatoms. The van der Waals surface area contributed by atoms with Crippen molar-refractivity contribution in [3.63, 3.8) is 0 Å². The van der Waals surface area contributed by atoms with Gasteiger partial charge in [0.15, 0.2) is 11.5 Å². The van der Waals surface area contributed by atoms with Crippen LogP contribution in [0.25, 0.3) is 16.9 Å². The first kappa shape index (κ1) is 18.5. The van der Waals surface area contributed by atoms with Gasteiger partial charge in [-0.05, 0) is 57.0 Å². The second kappa shape index (κ2) is 7.37. The topological polar surface area (TPSA) is 89.4 Å². The summed E-state index contributed by atoms with van der Waals surface area (Å²) in [4.78, 5) is 18.9. The van der Waals surface area contributed by atoms with E-state index in [1.165, 1.54) is 0 Å². The summed E-state index contributed by atoms with van der Waals surface area (Å²) in [6, 6.07) is 9.55. The predicted octanol–water partition coefficient (Wildman–Crippen LogP) is 3.42. The molecule has 1 saturated heterocycles. The zero-order valence-corrected chi connectivity index (χ0v) is 16.9. The summed E-state index contributed by atoms with van der Waals surface area (Å²) in [7, 11) is 0. The molecule has 4 aromatic rings. The van der Waals surface area contributed by atoms with E-state index in [0.29, 0.717) is 24.4 Å². The second-order valence-corrected chi connectivity index (χ2v) is 7.68. The summed E-state index contributed by atoms with van der Waals surface area (Å²) in [5.74, 6) is 2.52. The molecule has 30 heavy (non-hydrogen) atoms. The Bertz CT molecular complexity index is 1210. The molecule has 0 aromatic carbocycles. The number of piperidine rings is 1. The predicted molar refractivity (Wildman–Crippen MR) is 110 cm³/mol. The average molecular weight is 402 g/mol. The van der Waals surface area contributed by atoms with Crippen molar-refractivity contribution >= 4 is 11.6 Å². The summed E-state index contributed by atoms with van der Waals surface area (Å²) in [5.41, 5.74) is 3.16. The van der Waals surface area contributed by atoms with Crippen LogP contribution in [0.4, 0.5) is 0 Å². The van der Waals surface area contributed by atoms with Crippen molar-refractivity contribution < 1.29 is 9.21 Å². The molecule has 0 aliphatic carbocycles. The molecular formula is C22H22N6O2. The fourth-order valence-electron chi connectivity index (χ4n) is 4.08. The van der Waals surface area contributed by atoms with Crippen LogP contribution in [0.3, 0.4) is 0 Å². The monoisotopic (exact) mass is 402 g/mol. The van der Waals surface area contributed by atoms with Crippen molar-refractivity contribution in [1.29, 1.82) is 0 Å². The molecular weight excluding hydrogens is 380 g/mol. The largest absolute Gasteiger partial charge is 0.466 e. The molecule has 0 radical (unpaired) electrons. The smallest absolute Gasteiger partial charge is 0.257 e. The van der Waals surface area contributed by atoms with Crippen LogP contribution in [0.15, 0.2) is 47.1 Å². The lowest BCUT2D eigenvalue weighted by molar-refractivity contribution is 0.0709. The van der Waals surface area contributed by atoms with E-state index in [1.54, 1.807) is 12.4 Å². The van der Waals surface area contributed by atoms with Gasteiger partial charge in [0.25, 0.3) is 5.91 Å². The number of carbonyl (C=O) groups is 1. The van der Waals surface area contributed by atoms with Crippen molar-refractivity contribution in [3.05, 3.63) is 65.6 Å². The maximum Gasteiger partial charge on any atom is 0.257 e. The third-order valence-electron chi connectivity index (χ3n) is 5.66. The van der Waals surface area contributed by atoms with Gasteiger partial charge in [-0.15, -0.1) is 10.2 Å². The third-order valence-corrected chi connectivity index (χ3v) is 5.66. The number of amides is 1. The molecule has 1 amide bonds. The highest BCUT2D eigenvalue weighted by Crippen LogP contribution is 2.29. The molecule has 0 spiro atoms. The Morgan fingerprint density at radius 1 is 1.13 bits per heavy atom. The van der Waals surface area contributed by atoms with E-state index in [1.807, 2.05) is 53.6 Å². The van der Waals surface area contributed by atoms with Gasteiger partial charge in [0, 0.05) is 37.0 Å². The highest BCUT2D eigenvalue weighted by molar-refractivity contribution is 5.95. The number of rotatable bonds is 3. The van der Waals surface area contributed by atoms with Gasteiger partial charge in [0.1, 0.15) is 11.5 Å². The van der Waals surface area contributed by atoms with Gasteiger partial charge in [0.05, 0.1) is 11.3 Å². The number of aryl methyl sites for hydroxylation is 2. The normalized spacial score (nSPS) is 15.1. The van der Waals surface area contributed by atoms with E-state index < -0.39 is 0 Å². The molecule has 0 atom stereocenters. The molecule has 152 valence electrons. The maximum absolute atomic E-state index is 12.9. The molecule has 1 fully saturated rings. The maximum atomic E-state index is 12.9. The Balaban J connectivity index is 1.36. The van der Waals surface area contributed by atoms with Crippen LogP contribution < -0.4 is 0 Å². The molecule has 4 aromatic heterocycles. The fraction of sp³-hybridized carbons (Fsp3) is 0.318. The van der Waals surface area contributed by atoms with Crippen molar-refractivity contribution in [2.45, 2.75) is 32.6 Å². The summed E-state index contributed by atoms with van der Waals surface area (Å²) >= 11 is 0. The van der Waals surface area contributed by atoms with Gasteiger partial charge in [-0.3, -0.25) is 9.78 Å². The lowest BCUT2D eigenvalue weighted by Gasteiger charge is -2.31. The molecule has 0 bridgehead atoms.